The first-order valence-electron chi connectivity index (χ1n) is 8.01. The van der Waals surface area contributed by atoms with Crippen LogP contribution in [0.4, 0.5) is 17.3 Å². The van der Waals surface area contributed by atoms with Gasteiger partial charge in [0.2, 0.25) is 5.91 Å². The number of carbonyl (C=O) groups is 1. The minimum atomic E-state index is -0.548. The number of thiocarbonyl (C=S) groups is 1. The molecule has 1 aromatic carbocycles. The van der Waals surface area contributed by atoms with Gasteiger partial charge in [-0.3, -0.25) is 4.79 Å². The molecule has 0 atom stereocenters. The van der Waals surface area contributed by atoms with Crippen LogP contribution in [0.2, 0.25) is 5.02 Å². The van der Waals surface area contributed by atoms with E-state index >= 15 is 0 Å². The number of aromatic nitrogens is 3. The summed E-state index contributed by atoms with van der Waals surface area (Å²) >= 11 is 11.3. The van der Waals surface area contributed by atoms with Gasteiger partial charge in [-0.1, -0.05) is 11.6 Å². The Kier molecular flexibility index (Phi) is 5.63. The second kappa shape index (κ2) is 8.11. The van der Waals surface area contributed by atoms with E-state index in [9.17, 15) is 4.79 Å². The van der Waals surface area contributed by atoms with Crippen LogP contribution in [0.15, 0.2) is 36.5 Å². The number of hydrogen-bond acceptors (Lipinski definition) is 6. The lowest BCUT2D eigenvalue weighted by Crippen LogP contribution is -2.28. The number of rotatable bonds is 5. The summed E-state index contributed by atoms with van der Waals surface area (Å²) in [6, 6.07) is 8.24. The van der Waals surface area contributed by atoms with Gasteiger partial charge in [0.1, 0.15) is 11.3 Å². The summed E-state index contributed by atoms with van der Waals surface area (Å²) in [6.07, 6.45) is 1.55. The van der Waals surface area contributed by atoms with Crippen LogP contribution >= 0.6 is 23.8 Å². The molecular weight excluding hydrogens is 386 g/mol. The molecular formula is C17H16ClN7OS. The average Bonchev–Trinajstić information content (AvgIpc) is 2.63. The average molecular weight is 402 g/mol. The van der Waals surface area contributed by atoms with Crippen LogP contribution in [0.25, 0.3) is 11.2 Å². The lowest BCUT2D eigenvalue weighted by molar-refractivity contribution is 0.100. The van der Waals surface area contributed by atoms with Gasteiger partial charge >= 0.3 is 0 Å². The van der Waals surface area contributed by atoms with Gasteiger partial charge in [0.15, 0.2) is 16.6 Å². The summed E-state index contributed by atoms with van der Waals surface area (Å²) in [4.78, 5) is 24.5. The maximum Gasteiger partial charge on any atom is 0.248 e. The van der Waals surface area contributed by atoms with Crippen molar-refractivity contribution in [2.24, 2.45) is 5.73 Å². The van der Waals surface area contributed by atoms with Crippen LogP contribution in [-0.2, 0) is 0 Å². The Morgan fingerprint density at radius 3 is 2.74 bits per heavy atom. The van der Waals surface area contributed by atoms with E-state index in [4.69, 9.17) is 29.6 Å². The number of fused-ring (bicyclic) bond motifs is 1. The summed E-state index contributed by atoms with van der Waals surface area (Å²) in [6.45, 7) is 2.65. The number of halogens is 1. The van der Waals surface area contributed by atoms with Crippen molar-refractivity contribution < 1.29 is 4.79 Å². The molecule has 0 aliphatic carbocycles. The highest BCUT2D eigenvalue weighted by molar-refractivity contribution is 7.80. The molecule has 0 saturated heterocycles. The molecule has 0 aliphatic heterocycles. The van der Waals surface area contributed by atoms with Gasteiger partial charge in [0.25, 0.3) is 0 Å². The van der Waals surface area contributed by atoms with Gasteiger partial charge in [0, 0.05) is 12.1 Å². The monoisotopic (exact) mass is 401 g/mol. The largest absolute Gasteiger partial charge is 0.366 e. The normalized spacial score (nSPS) is 10.4. The molecule has 27 heavy (non-hydrogen) atoms. The maximum atomic E-state index is 11.4. The van der Waals surface area contributed by atoms with Crippen molar-refractivity contribution >= 4 is 63.3 Å². The van der Waals surface area contributed by atoms with E-state index in [1.54, 1.807) is 36.5 Å². The molecule has 8 nitrogen and oxygen atoms in total. The quantitative estimate of drug-likeness (QED) is 0.482. The van der Waals surface area contributed by atoms with Crippen LogP contribution in [0.3, 0.4) is 0 Å². The highest BCUT2D eigenvalue weighted by Crippen LogP contribution is 2.26. The SMILES string of the molecule is CCNC(=S)Nc1ccc2ncc(Nc3cc(C(N)=O)ccc3Cl)nc2n1. The summed E-state index contributed by atoms with van der Waals surface area (Å²) in [5.74, 6) is 0.423. The lowest BCUT2D eigenvalue weighted by atomic mass is 10.2. The molecule has 138 valence electrons. The Bertz CT molecular complexity index is 1030. The molecule has 5 N–H and O–H groups in total. The first-order chi connectivity index (χ1) is 13.0. The zero-order valence-corrected chi connectivity index (χ0v) is 15.9. The van der Waals surface area contributed by atoms with Gasteiger partial charge in [-0.2, -0.15) is 0 Å². The van der Waals surface area contributed by atoms with Crippen molar-refractivity contribution in [3.8, 4) is 0 Å². The Hall–Kier alpha value is -3.04. The van der Waals surface area contributed by atoms with Gasteiger partial charge in [0.05, 0.1) is 16.9 Å². The van der Waals surface area contributed by atoms with Gasteiger partial charge in [-0.05, 0) is 49.5 Å². The minimum Gasteiger partial charge on any atom is -0.366 e. The Labute approximate surface area is 165 Å². The van der Waals surface area contributed by atoms with Crippen LogP contribution in [0.1, 0.15) is 17.3 Å². The van der Waals surface area contributed by atoms with E-state index in [1.807, 2.05) is 6.92 Å². The summed E-state index contributed by atoms with van der Waals surface area (Å²) in [5.41, 5.74) is 7.17. The van der Waals surface area contributed by atoms with Gasteiger partial charge in [-0.25, -0.2) is 15.0 Å². The maximum absolute atomic E-state index is 11.4. The molecule has 0 spiro atoms. The molecule has 0 radical (unpaired) electrons. The summed E-state index contributed by atoms with van der Waals surface area (Å²) < 4.78 is 0. The van der Waals surface area contributed by atoms with E-state index in [0.717, 1.165) is 0 Å². The van der Waals surface area contributed by atoms with Crippen molar-refractivity contribution in [1.82, 2.24) is 20.3 Å². The second-order valence-electron chi connectivity index (χ2n) is 5.46. The number of anilines is 3. The second-order valence-corrected chi connectivity index (χ2v) is 6.28. The fourth-order valence-electron chi connectivity index (χ4n) is 2.26. The van der Waals surface area contributed by atoms with Crippen molar-refractivity contribution in [2.45, 2.75) is 6.92 Å². The highest BCUT2D eigenvalue weighted by Gasteiger charge is 2.09. The third-order valence-electron chi connectivity index (χ3n) is 3.50. The fourth-order valence-corrected chi connectivity index (χ4v) is 2.67. The highest BCUT2D eigenvalue weighted by atomic mass is 35.5. The molecule has 10 heteroatoms. The third-order valence-corrected chi connectivity index (χ3v) is 4.08. The zero-order valence-electron chi connectivity index (χ0n) is 14.3. The number of primary amides is 1. The fraction of sp³-hybridized carbons (Fsp3) is 0.118. The molecule has 3 rings (SSSR count). The molecule has 1 amide bonds. The van der Waals surface area contributed by atoms with E-state index in [2.05, 4.69) is 30.9 Å². The number of hydrogen-bond donors (Lipinski definition) is 4. The van der Waals surface area contributed by atoms with E-state index in [0.29, 0.717) is 50.7 Å². The van der Waals surface area contributed by atoms with E-state index in [-0.39, 0.29) is 0 Å². The summed E-state index contributed by atoms with van der Waals surface area (Å²) in [7, 11) is 0. The lowest BCUT2D eigenvalue weighted by Gasteiger charge is -2.10. The number of pyridine rings is 1. The Morgan fingerprint density at radius 1 is 1.22 bits per heavy atom. The number of carbonyl (C=O) groups excluding carboxylic acids is 1. The number of benzene rings is 1. The first-order valence-corrected chi connectivity index (χ1v) is 8.80. The molecule has 2 heterocycles. The number of nitrogens with zero attached hydrogens (tertiary/aromatic N) is 3. The van der Waals surface area contributed by atoms with Crippen molar-refractivity contribution in [3.05, 3.63) is 47.1 Å². The number of nitrogens with one attached hydrogen (secondary N) is 3. The summed E-state index contributed by atoms with van der Waals surface area (Å²) in [5, 5.41) is 9.89. The van der Waals surface area contributed by atoms with Crippen molar-refractivity contribution in [3.63, 3.8) is 0 Å². The zero-order chi connectivity index (χ0) is 19.4. The van der Waals surface area contributed by atoms with E-state index < -0.39 is 5.91 Å². The minimum absolute atomic E-state index is 0.331. The third kappa shape index (κ3) is 4.57. The van der Waals surface area contributed by atoms with Crippen LogP contribution < -0.4 is 21.7 Å². The van der Waals surface area contributed by atoms with Crippen LogP contribution in [0, 0.1) is 0 Å². The van der Waals surface area contributed by atoms with Crippen LogP contribution in [0.5, 0.6) is 0 Å². The molecule has 0 bridgehead atoms. The van der Waals surface area contributed by atoms with Crippen LogP contribution in [-0.4, -0.2) is 32.5 Å². The molecule has 0 aliphatic rings. The number of nitrogens with two attached hydrogens (primary N) is 1. The predicted molar refractivity (Wildman–Crippen MR) is 110 cm³/mol. The topological polar surface area (TPSA) is 118 Å². The molecule has 3 aromatic rings. The van der Waals surface area contributed by atoms with Gasteiger partial charge in [-0.15, -0.1) is 0 Å². The molecule has 0 fully saturated rings. The smallest absolute Gasteiger partial charge is 0.248 e. The predicted octanol–water partition coefficient (Wildman–Crippen LogP) is 2.83. The number of amides is 1. The Morgan fingerprint density at radius 2 is 2.00 bits per heavy atom. The van der Waals surface area contributed by atoms with Crippen molar-refractivity contribution in [2.75, 3.05) is 17.2 Å². The molecule has 0 unspecified atom stereocenters. The standard InChI is InChI=1S/C17H16ClN7OS/c1-2-20-17(27)25-13-6-5-11-16(23-13)24-14(8-21-11)22-12-7-9(15(19)26)3-4-10(12)18/h3-8H,2H2,1H3,(H2,19,26)(H3,20,22,23,24,25,27). The van der Waals surface area contributed by atoms with Crippen molar-refractivity contribution in [1.29, 1.82) is 0 Å². The Balaban J connectivity index is 1.88. The van der Waals surface area contributed by atoms with E-state index in [1.165, 1.54) is 0 Å². The molecule has 2 aromatic heterocycles. The molecule has 0 saturated carbocycles. The van der Waals surface area contributed by atoms with Gasteiger partial charge < -0.3 is 21.7 Å². The first kappa shape index (κ1) is 18.7.